The van der Waals surface area contributed by atoms with Gasteiger partial charge >= 0.3 is 5.97 Å². The zero-order valence-electron chi connectivity index (χ0n) is 16.3. The fourth-order valence-electron chi connectivity index (χ4n) is 1.91. The zero-order valence-corrected chi connectivity index (χ0v) is 16.3. The second-order valence-electron chi connectivity index (χ2n) is 5.48. The molecule has 0 aliphatic heterocycles. The van der Waals surface area contributed by atoms with Gasteiger partial charge in [-0.1, -0.05) is 85.9 Å². The summed E-state index contributed by atoms with van der Waals surface area (Å²) in [5.41, 5.74) is 0. The van der Waals surface area contributed by atoms with E-state index in [0.29, 0.717) is 6.61 Å². The molecule has 0 amide bonds. The first-order valence-electron chi connectivity index (χ1n) is 9.56. The Kier molecular flexibility index (Phi) is 18.8. The van der Waals surface area contributed by atoms with Crippen LogP contribution in [0.5, 0.6) is 0 Å². The summed E-state index contributed by atoms with van der Waals surface area (Å²) in [5.74, 6) is -0.299. The van der Waals surface area contributed by atoms with Crippen LogP contribution in [-0.4, -0.2) is 12.6 Å². The molecule has 0 N–H and O–H groups in total. The van der Waals surface area contributed by atoms with Crippen molar-refractivity contribution in [1.82, 2.24) is 0 Å². The number of esters is 1. The molecule has 0 aliphatic rings. The second-order valence-corrected chi connectivity index (χ2v) is 5.48. The number of carbonyl (C=O) groups is 1. The maximum atomic E-state index is 11.1. The molecule has 0 aromatic heterocycles. The van der Waals surface area contributed by atoms with Crippen molar-refractivity contribution in [2.24, 2.45) is 0 Å². The van der Waals surface area contributed by atoms with Crippen molar-refractivity contribution < 1.29 is 9.53 Å². The maximum Gasteiger partial charge on any atom is 0.330 e. The van der Waals surface area contributed by atoms with E-state index in [0.717, 1.165) is 38.5 Å². The molecule has 0 heterocycles. The van der Waals surface area contributed by atoms with E-state index in [4.69, 9.17) is 4.74 Å². The van der Waals surface area contributed by atoms with Crippen molar-refractivity contribution in [2.75, 3.05) is 6.61 Å². The molecule has 0 aromatic rings. The molecule has 0 unspecified atom stereocenters. The highest BCUT2D eigenvalue weighted by atomic mass is 16.5. The highest BCUT2D eigenvalue weighted by molar-refractivity contribution is 5.82. The monoisotopic (exact) mass is 354 g/mol. The Bertz CT molecular complexity index is 528. The van der Waals surface area contributed by atoms with Crippen molar-refractivity contribution >= 4 is 5.97 Å². The molecule has 0 atom stereocenters. The Morgan fingerprint density at radius 1 is 0.615 bits per heavy atom. The SMILES string of the molecule is CC/C=C\C/C=C\C/C=C\C/C=C\C/C=C\C/C=C\C=C/C(=O)OCC. The average molecular weight is 355 g/mol. The minimum Gasteiger partial charge on any atom is -0.463 e. The molecule has 2 heteroatoms. The lowest BCUT2D eigenvalue weighted by Crippen LogP contribution is -1.98. The summed E-state index contributed by atoms with van der Waals surface area (Å²) in [6.07, 6.45) is 34.8. The molecule has 0 radical (unpaired) electrons. The van der Waals surface area contributed by atoms with E-state index in [-0.39, 0.29) is 5.97 Å². The Morgan fingerprint density at radius 3 is 1.46 bits per heavy atom. The van der Waals surface area contributed by atoms with E-state index in [1.54, 1.807) is 13.0 Å². The lowest BCUT2D eigenvalue weighted by molar-refractivity contribution is -0.137. The molecule has 2 nitrogen and oxygen atoms in total. The van der Waals surface area contributed by atoms with Gasteiger partial charge in [-0.3, -0.25) is 0 Å². The molecule has 26 heavy (non-hydrogen) atoms. The summed E-state index contributed by atoms with van der Waals surface area (Å²) in [6.45, 7) is 4.35. The van der Waals surface area contributed by atoms with Gasteiger partial charge in [0, 0.05) is 6.08 Å². The second kappa shape index (κ2) is 20.7. The van der Waals surface area contributed by atoms with Crippen LogP contribution in [-0.2, 0) is 9.53 Å². The third kappa shape index (κ3) is 19.7. The molecule has 142 valence electrons. The summed E-state index contributed by atoms with van der Waals surface area (Å²) >= 11 is 0. The van der Waals surface area contributed by atoms with E-state index in [1.807, 2.05) is 12.2 Å². The first-order valence-corrected chi connectivity index (χ1v) is 9.56. The summed E-state index contributed by atoms with van der Waals surface area (Å²) in [7, 11) is 0. The first-order chi connectivity index (χ1) is 12.8. The molecule has 0 fully saturated rings. The van der Waals surface area contributed by atoms with Gasteiger partial charge in [-0.15, -0.1) is 0 Å². The molecule has 0 saturated carbocycles. The molecular weight excluding hydrogens is 320 g/mol. The van der Waals surface area contributed by atoms with E-state index >= 15 is 0 Å². The highest BCUT2D eigenvalue weighted by Crippen LogP contribution is 1.96. The van der Waals surface area contributed by atoms with Crippen LogP contribution < -0.4 is 0 Å². The summed E-state index contributed by atoms with van der Waals surface area (Å²) < 4.78 is 4.79. The molecule has 0 rings (SSSR count). The Hall–Kier alpha value is -2.35. The fraction of sp³-hybridized carbons (Fsp3) is 0.375. The number of allylic oxidation sites excluding steroid dienone is 13. The standard InChI is InChI=1S/C24H34O2/c1-3-5-6-7-8-9-10-11-12-13-14-15-16-17-18-19-20-21-22-23-24(25)26-4-2/h5-6,8-9,11-12,14-15,17-18,20-23H,3-4,7,10,13,16,19H2,1-2H3/b6-5-,9-8-,12-11-,15-14-,18-17-,21-20-,23-22-. The van der Waals surface area contributed by atoms with Crippen LogP contribution in [0.15, 0.2) is 85.1 Å². The molecule has 0 bridgehead atoms. The molecule has 0 saturated heterocycles. The van der Waals surface area contributed by atoms with Crippen LogP contribution in [0.25, 0.3) is 0 Å². The van der Waals surface area contributed by atoms with E-state index < -0.39 is 0 Å². The van der Waals surface area contributed by atoms with E-state index in [1.165, 1.54) is 6.08 Å². The quantitative estimate of drug-likeness (QED) is 0.148. The normalized spacial score (nSPS) is 13.2. The van der Waals surface area contributed by atoms with Crippen LogP contribution in [0.4, 0.5) is 0 Å². The van der Waals surface area contributed by atoms with Crippen LogP contribution in [0, 0.1) is 0 Å². The predicted octanol–water partition coefficient (Wildman–Crippen LogP) is 6.80. The third-order valence-electron chi connectivity index (χ3n) is 3.20. The molecule has 0 aromatic carbocycles. The van der Waals surface area contributed by atoms with Crippen molar-refractivity contribution in [3.63, 3.8) is 0 Å². The van der Waals surface area contributed by atoms with Gasteiger partial charge < -0.3 is 4.74 Å². The van der Waals surface area contributed by atoms with Crippen molar-refractivity contribution in [3.8, 4) is 0 Å². The van der Waals surface area contributed by atoms with Crippen molar-refractivity contribution in [2.45, 2.75) is 52.4 Å². The predicted molar refractivity (Wildman–Crippen MR) is 114 cm³/mol. The van der Waals surface area contributed by atoms with Crippen LogP contribution in [0.2, 0.25) is 0 Å². The smallest absolute Gasteiger partial charge is 0.330 e. The molecule has 0 spiro atoms. The highest BCUT2D eigenvalue weighted by Gasteiger charge is 1.89. The third-order valence-corrected chi connectivity index (χ3v) is 3.20. The Morgan fingerprint density at radius 2 is 1.04 bits per heavy atom. The molecule has 0 aliphatic carbocycles. The average Bonchev–Trinajstić information content (AvgIpc) is 2.64. The van der Waals surface area contributed by atoms with Crippen molar-refractivity contribution in [3.05, 3.63) is 85.1 Å². The lowest BCUT2D eigenvalue weighted by Gasteiger charge is -1.92. The fourth-order valence-corrected chi connectivity index (χ4v) is 1.91. The minimum atomic E-state index is -0.299. The van der Waals surface area contributed by atoms with Gasteiger partial charge in [-0.25, -0.2) is 4.79 Å². The molecular formula is C24H34O2. The van der Waals surface area contributed by atoms with Gasteiger partial charge in [0.25, 0.3) is 0 Å². The Balaban J connectivity index is 3.62. The first kappa shape index (κ1) is 23.6. The van der Waals surface area contributed by atoms with Gasteiger partial charge in [0.2, 0.25) is 0 Å². The number of carbonyl (C=O) groups excluding carboxylic acids is 1. The number of hydrogen-bond donors (Lipinski definition) is 0. The van der Waals surface area contributed by atoms with Crippen LogP contribution in [0.1, 0.15) is 52.4 Å². The Labute approximate surface area is 160 Å². The van der Waals surface area contributed by atoms with Crippen molar-refractivity contribution in [1.29, 1.82) is 0 Å². The topological polar surface area (TPSA) is 26.3 Å². The number of rotatable bonds is 14. The van der Waals surface area contributed by atoms with E-state index in [9.17, 15) is 4.79 Å². The maximum absolute atomic E-state index is 11.1. The summed E-state index contributed by atoms with van der Waals surface area (Å²) in [5, 5.41) is 0. The summed E-state index contributed by atoms with van der Waals surface area (Å²) in [6, 6.07) is 0. The van der Waals surface area contributed by atoms with Gasteiger partial charge in [0.05, 0.1) is 6.61 Å². The minimum absolute atomic E-state index is 0.299. The lowest BCUT2D eigenvalue weighted by atomic mass is 10.2. The van der Waals surface area contributed by atoms with Crippen LogP contribution >= 0.6 is 0 Å². The zero-order chi connectivity index (χ0) is 19.1. The van der Waals surface area contributed by atoms with Crippen LogP contribution in [0.3, 0.4) is 0 Å². The van der Waals surface area contributed by atoms with Gasteiger partial charge in [0.1, 0.15) is 0 Å². The van der Waals surface area contributed by atoms with E-state index in [2.05, 4.69) is 67.7 Å². The number of ether oxygens (including phenoxy) is 1. The van der Waals surface area contributed by atoms with Gasteiger partial charge in [0.15, 0.2) is 0 Å². The number of hydrogen-bond acceptors (Lipinski definition) is 2. The summed E-state index contributed by atoms with van der Waals surface area (Å²) in [4.78, 5) is 11.1. The largest absolute Gasteiger partial charge is 0.463 e. The van der Waals surface area contributed by atoms with Gasteiger partial charge in [-0.05, 0) is 45.4 Å². The van der Waals surface area contributed by atoms with Gasteiger partial charge in [-0.2, -0.15) is 0 Å².